The summed E-state index contributed by atoms with van der Waals surface area (Å²) in [5.74, 6) is -0.433. The highest BCUT2D eigenvalue weighted by Crippen LogP contribution is 2.24. The van der Waals surface area contributed by atoms with Gasteiger partial charge in [0, 0.05) is 35.6 Å². The molecule has 0 bridgehead atoms. The van der Waals surface area contributed by atoms with E-state index >= 15 is 0 Å². The van der Waals surface area contributed by atoms with Gasteiger partial charge >= 0.3 is 5.63 Å². The Labute approximate surface area is 149 Å². The molecule has 2 aromatic heterocycles. The van der Waals surface area contributed by atoms with E-state index in [9.17, 15) is 9.59 Å². The van der Waals surface area contributed by atoms with Crippen molar-refractivity contribution in [2.45, 2.75) is 13.5 Å². The Bertz CT molecular complexity index is 1200. The van der Waals surface area contributed by atoms with Crippen LogP contribution in [0.2, 0.25) is 0 Å². The Kier molecular flexibility index (Phi) is 3.84. The average Bonchev–Trinajstić information content (AvgIpc) is 2.90. The molecule has 0 aliphatic heterocycles. The third kappa shape index (κ3) is 2.58. The summed E-state index contributed by atoms with van der Waals surface area (Å²) in [4.78, 5) is 24.7. The van der Waals surface area contributed by atoms with Crippen LogP contribution in [-0.2, 0) is 13.6 Å². The zero-order valence-corrected chi connectivity index (χ0v) is 14.6. The maximum Gasteiger partial charge on any atom is 0.349 e. The summed E-state index contributed by atoms with van der Waals surface area (Å²) in [7, 11) is 2.00. The van der Waals surface area contributed by atoms with Crippen molar-refractivity contribution in [2.24, 2.45) is 7.05 Å². The Morgan fingerprint density at radius 1 is 1.12 bits per heavy atom. The molecule has 0 spiro atoms. The zero-order chi connectivity index (χ0) is 18.3. The van der Waals surface area contributed by atoms with Gasteiger partial charge < -0.3 is 14.3 Å². The number of rotatable bonds is 3. The van der Waals surface area contributed by atoms with E-state index in [0.29, 0.717) is 12.1 Å². The number of benzene rings is 2. The van der Waals surface area contributed by atoms with Crippen molar-refractivity contribution in [3.8, 4) is 0 Å². The number of fused-ring (bicyclic) bond motifs is 2. The van der Waals surface area contributed by atoms with Crippen LogP contribution in [0.25, 0.3) is 21.9 Å². The number of para-hydroxylation sites is 2. The first kappa shape index (κ1) is 16.1. The monoisotopic (exact) mass is 346 g/mol. The van der Waals surface area contributed by atoms with Gasteiger partial charge in [0.25, 0.3) is 5.91 Å². The van der Waals surface area contributed by atoms with Crippen LogP contribution >= 0.6 is 0 Å². The van der Waals surface area contributed by atoms with E-state index in [1.165, 1.54) is 0 Å². The molecular weight excluding hydrogens is 328 g/mol. The standard InChI is InChI=1S/C21H18N2O3/c1-13-17(15-8-4-5-9-18(15)23(13)2)12-22-20(24)16-11-14-7-3-6-10-19(14)26-21(16)25/h3-11H,12H2,1-2H3,(H,22,24). The molecule has 0 atom stereocenters. The molecule has 4 aromatic rings. The van der Waals surface area contributed by atoms with Crippen LogP contribution in [0.1, 0.15) is 21.6 Å². The van der Waals surface area contributed by atoms with Crippen LogP contribution in [0.15, 0.2) is 63.8 Å². The molecule has 26 heavy (non-hydrogen) atoms. The molecule has 1 amide bonds. The minimum atomic E-state index is -0.629. The van der Waals surface area contributed by atoms with Crippen molar-refractivity contribution in [2.75, 3.05) is 0 Å². The minimum absolute atomic E-state index is 0.0154. The highest BCUT2D eigenvalue weighted by atomic mass is 16.4. The SMILES string of the molecule is Cc1c(CNC(=O)c2cc3ccccc3oc2=O)c2ccccc2n1C. The summed E-state index contributed by atoms with van der Waals surface area (Å²) < 4.78 is 7.34. The Balaban J connectivity index is 1.65. The van der Waals surface area contributed by atoms with Gasteiger partial charge in [0.15, 0.2) is 0 Å². The van der Waals surface area contributed by atoms with Gasteiger partial charge in [0.2, 0.25) is 0 Å². The van der Waals surface area contributed by atoms with Crippen molar-refractivity contribution in [3.63, 3.8) is 0 Å². The van der Waals surface area contributed by atoms with Crippen LogP contribution in [0.5, 0.6) is 0 Å². The molecule has 5 nitrogen and oxygen atoms in total. The van der Waals surface area contributed by atoms with Crippen molar-refractivity contribution in [1.82, 2.24) is 9.88 Å². The molecule has 2 aromatic carbocycles. The van der Waals surface area contributed by atoms with Crippen molar-refractivity contribution in [3.05, 3.63) is 81.8 Å². The number of carbonyl (C=O) groups is 1. The lowest BCUT2D eigenvalue weighted by Crippen LogP contribution is -2.28. The molecule has 2 heterocycles. The average molecular weight is 346 g/mol. The van der Waals surface area contributed by atoms with Crippen molar-refractivity contribution < 1.29 is 9.21 Å². The molecule has 0 saturated heterocycles. The summed E-state index contributed by atoms with van der Waals surface area (Å²) in [6, 6.07) is 16.8. The second-order valence-electron chi connectivity index (χ2n) is 6.31. The van der Waals surface area contributed by atoms with E-state index in [-0.39, 0.29) is 5.56 Å². The van der Waals surface area contributed by atoms with Crippen LogP contribution in [0.3, 0.4) is 0 Å². The van der Waals surface area contributed by atoms with Crippen LogP contribution in [0.4, 0.5) is 0 Å². The van der Waals surface area contributed by atoms with Crippen molar-refractivity contribution >= 4 is 27.8 Å². The number of nitrogens with one attached hydrogen (secondary N) is 1. The second-order valence-corrected chi connectivity index (χ2v) is 6.31. The largest absolute Gasteiger partial charge is 0.422 e. The summed E-state index contributed by atoms with van der Waals surface area (Å²) in [5.41, 5.74) is 3.09. The topological polar surface area (TPSA) is 64.2 Å². The summed E-state index contributed by atoms with van der Waals surface area (Å²) in [6.45, 7) is 2.37. The second kappa shape index (κ2) is 6.19. The predicted octanol–water partition coefficient (Wildman–Crippen LogP) is 3.52. The molecule has 130 valence electrons. The lowest BCUT2D eigenvalue weighted by atomic mass is 10.1. The summed E-state index contributed by atoms with van der Waals surface area (Å²) in [6.07, 6.45) is 0. The fourth-order valence-corrected chi connectivity index (χ4v) is 3.31. The van der Waals surface area contributed by atoms with Gasteiger partial charge in [-0.05, 0) is 30.7 Å². The minimum Gasteiger partial charge on any atom is -0.422 e. The summed E-state index contributed by atoms with van der Waals surface area (Å²) >= 11 is 0. The lowest BCUT2D eigenvalue weighted by Gasteiger charge is -2.06. The van der Waals surface area contributed by atoms with Gasteiger partial charge in [-0.25, -0.2) is 4.79 Å². The van der Waals surface area contributed by atoms with Crippen LogP contribution < -0.4 is 10.9 Å². The third-order valence-corrected chi connectivity index (χ3v) is 4.84. The van der Waals surface area contributed by atoms with Crippen molar-refractivity contribution in [1.29, 1.82) is 0 Å². The van der Waals surface area contributed by atoms with Gasteiger partial charge in [-0.2, -0.15) is 0 Å². The van der Waals surface area contributed by atoms with E-state index in [1.807, 2.05) is 50.4 Å². The number of nitrogens with zero attached hydrogens (tertiary/aromatic N) is 1. The quantitative estimate of drug-likeness (QED) is 0.577. The van der Waals surface area contributed by atoms with Crippen LogP contribution in [0, 0.1) is 6.92 Å². The molecule has 5 heteroatoms. The number of hydrogen-bond acceptors (Lipinski definition) is 3. The molecule has 0 unspecified atom stereocenters. The van der Waals surface area contributed by atoms with Gasteiger partial charge in [-0.1, -0.05) is 36.4 Å². The Morgan fingerprint density at radius 3 is 2.69 bits per heavy atom. The fourth-order valence-electron chi connectivity index (χ4n) is 3.31. The highest BCUT2D eigenvalue weighted by Gasteiger charge is 2.16. The molecule has 4 rings (SSSR count). The van der Waals surface area contributed by atoms with E-state index < -0.39 is 11.5 Å². The fraction of sp³-hybridized carbons (Fsp3) is 0.143. The highest BCUT2D eigenvalue weighted by molar-refractivity contribution is 5.97. The zero-order valence-electron chi connectivity index (χ0n) is 14.6. The first-order chi connectivity index (χ1) is 12.6. The molecule has 0 aliphatic carbocycles. The smallest absolute Gasteiger partial charge is 0.349 e. The first-order valence-corrected chi connectivity index (χ1v) is 8.40. The molecular formula is C21H18N2O3. The normalized spacial score (nSPS) is 11.2. The van der Waals surface area contributed by atoms with E-state index in [1.54, 1.807) is 18.2 Å². The predicted molar refractivity (Wildman–Crippen MR) is 101 cm³/mol. The third-order valence-electron chi connectivity index (χ3n) is 4.84. The molecule has 0 saturated carbocycles. The Morgan fingerprint density at radius 2 is 1.85 bits per heavy atom. The van der Waals surface area contributed by atoms with Gasteiger partial charge in [-0.3, -0.25) is 4.79 Å². The number of aromatic nitrogens is 1. The number of amides is 1. The maximum absolute atomic E-state index is 12.6. The maximum atomic E-state index is 12.6. The van der Waals surface area contributed by atoms with Gasteiger partial charge in [0.05, 0.1) is 0 Å². The molecule has 1 N–H and O–H groups in total. The lowest BCUT2D eigenvalue weighted by molar-refractivity contribution is 0.0947. The molecule has 0 fully saturated rings. The molecule has 0 radical (unpaired) electrons. The van der Waals surface area contributed by atoms with E-state index in [0.717, 1.165) is 27.5 Å². The van der Waals surface area contributed by atoms with Gasteiger partial charge in [0.1, 0.15) is 11.1 Å². The number of carbonyl (C=O) groups excluding carboxylic acids is 1. The molecule has 0 aliphatic rings. The summed E-state index contributed by atoms with van der Waals surface area (Å²) in [5, 5.41) is 4.67. The number of hydrogen-bond donors (Lipinski definition) is 1. The Hall–Kier alpha value is -3.34. The van der Waals surface area contributed by atoms with E-state index in [4.69, 9.17) is 4.42 Å². The van der Waals surface area contributed by atoms with Crippen LogP contribution in [-0.4, -0.2) is 10.5 Å². The first-order valence-electron chi connectivity index (χ1n) is 8.40. The van der Waals surface area contributed by atoms with Gasteiger partial charge in [-0.15, -0.1) is 0 Å². The van der Waals surface area contributed by atoms with E-state index in [2.05, 4.69) is 9.88 Å². The number of aryl methyl sites for hydroxylation is 1.